The van der Waals surface area contributed by atoms with E-state index in [0.29, 0.717) is 12.3 Å². The van der Waals surface area contributed by atoms with Crippen molar-refractivity contribution in [1.29, 1.82) is 0 Å². The summed E-state index contributed by atoms with van der Waals surface area (Å²) in [5.41, 5.74) is 4.93. The Bertz CT molecular complexity index is 980. The van der Waals surface area contributed by atoms with Gasteiger partial charge in [0.2, 0.25) is 5.91 Å². The second-order valence-electron chi connectivity index (χ2n) is 7.01. The lowest BCUT2D eigenvalue weighted by molar-refractivity contribution is -0.129. The molecular formula is C22H24N4OS. The Labute approximate surface area is 169 Å². The Morgan fingerprint density at radius 1 is 1.07 bits per heavy atom. The number of hydrogen-bond donors (Lipinski definition) is 0. The Morgan fingerprint density at radius 3 is 2.57 bits per heavy atom. The lowest BCUT2D eigenvalue weighted by Gasteiger charge is -2.28. The second-order valence-corrected chi connectivity index (χ2v) is 7.95. The molecule has 0 bridgehead atoms. The van der Waals surface area contributed by atoms with E-state index in [1.165, 1.54) is 28.5 Å². The molecule has 0 unspecified atom stereocenters. The molecule has 0 fully saturated rings. The molecule has 0 aliphatic carbocycles. The molecule has 144 valence electrons. The van der Waals surface area contributed by atoms with E-state index in [1.807, 2.05) is 22.5 Å². The van der Waals surface area contributed by atoms with Gasteiger partial charge in [0.1, 0.15) is 5.82 Å². The standard InChI is InChI=1S/C22H24N4OS/c1-3-17-8-10-20(11-9-17)26-16(2)23-24-22(26)28-15-21(27)25-13-12-18-6-4-5-7-19(18)14-25/h4-11H,3,12-15H2,1-2H3. The molecule has 0 saturated carbocycles. The number of aromatic nitrogens is 3. The maximum atomic E-state index is 12.8. The normalized spacial score (nSPS) is 13.4. The number of thioether (sulfide) groups is 1. The van der Waals surface area contributed by atoms with Gasteiger partial charge in [0.05, 0.1) is 5.75 Å². The molecule has 4 rings (SSSR count). The summed E-state index contributed by atoms with van der Waals surface area (Å²) in [7, 11) is 0. The number of carbonyl (C=O) groups excluding carboxylic acids is 1. The number of nitrogens with zero attached hydrogens (tertiary/aromatic N) is 4. The first-order valence-corrected chi connectivity index (χ1v) is 10.6. The van der Waals surface area contributed by atoms with Crippen LogP contribution in [0.1, 0.15) is 29.4 Å². The van der Waals surface area contributed by atoms with E-state index in [9.17, 15) is 4.79 Å². The third-order valence-corrected chi connectivity index (χ3v) is 6.12. The minimum Gasteiger partial charge on any atom is -0.337 e. The molecule has 1 amide bonds. The summed E-state index contributed by atoms with van der Waals surface area (Å²) in [6.07, 6.45) is 1.93. The van der Waals surface area contributed by atoms with Crippen LogP contribution in [0.3, 0.4) is 0 Å². The van der Waals surface area contributed by atoms with Crippen LogP contribution >= 0.6 is 11.8 Å². The van der Waals surface area contributed by atoms with E-state index in [0.717, 1.165) is 36.1 Å². The van der Waals surface area contributed by atoms with Gasteiger partial charge in [-0.15, -0.1) is 10.2 Å². The minimum absolute atomic E-state index is 0.146. The SMILES string of the molecule is CCc1ccc(-n2c(C)nnc2SCC(=O)N2CCc3ccccc3C2)cc1. The minimum atomic E-state index is 0.146. The predicted octanol–water partition coefficient (Wildman–Crippen LogP) is 3.82. The van der Waals surface area contributed by atoms with Crippen LogP contribution in [-0.4, -0.2) is 37.9 Å². The van der Waals surface area contributed by atoms with Crippen LogP contribution in [0, 0.1) is 6.92 Å². The van der Waals surface area contributed by atoms with Crippen molar-refractivity contribution in [2.24, 2.45) is 0 Å². The highest BCUT2D eigenvalue weighted by molar-refractivity contribution is 7.99. The fourth-order valence-corrected chi connectivity index (χ4v) is 4.44. The third kappa shape index (κ3) is 3.83. The first kappa shape index (κ1) is 18.7. The van der Waals surface area contributed by atoms with Crippen LogP contribution in [0.2, 0.25) is 0 Å². The highest BCUT2D eigenvalue weighted by Crippen LogP contribution is 2.24. The summed E-state index contributed by atoms with van der Waals surface area (Å²) in [6, 6.07) is 16.8. The fourth-order valence-electron chi connectivity index (χ4n) is 3.54. The quantitative estimate of drug-likeness (QED) is 0.620. The van der Waals surface area contributed by atoms with Crippen molar-refractivity contribution in [1.82, 2.24) is 19.7 Å². The van der Waals surface area contributed by atoms with Gasteiger partial charge in [-0.25, -0.2) is 0 Å². The Balaban J connectivity index is 1.45. The average Bonchev–Trinajstić information content (AvgIpc) is 3.12. The maximum absolute atomic E-state index is 12.8. The van der Waals surface area contributed by atoms with Gasteiger partial charge in [0, 0.05) is 18.8 Å². The number of carbonyl (C=O) groups is 1. The largest absolute Gasteiger partial charge is 0.337 e. The predicted molar refractivity (Wildman–Crippen MR) is 112 cm³/mol. The van der Waals surface area contributed by atoms with Crippen molar-refractivity contribution in [3.63, 3.8) is 0 Å². The van der Waals surface area contributed by atoms with E-state index >= 15 is 0 Å². The van der Waals surface area contributed by atoms with Crippen molar-refractivity contribution in [3.05, 3.63) is 71.0 Å². The van der Waals surface area contributed by atoms with Gasteiger partial charge in [0.25, 0.3) is 0 Å². The number of hydrogen-bond acceptors (Lipinski definition) is 4. The van der Waals surface area contributed by atoms with Crippen LogP contribution in [0.4, 0.5) is 0 Å². The molecule has 0 spiro atoms. The molecule has 0 atom stereocenters. The Kier molecular flexibility index (Phi) is 5.48. The maximum Gasteiger partial charge on any atom is 0.233 e. The highest BCUT2D eigenvalue weighted by atomic mass is 32.2. The molecule has 0 N–H and O–H groups in total. The molecule has 2 heterocycles. The van der Waals surface area contributed by atoms with Crippen molar-refractivity contribution in [2.45, 2.75) is 38.4 Å². The monoisotopic (exact) mass is 392 g/mol. The van der Waals surface area contributed by atoms with Crippen LogP contribution in [0.15, 0.2) is 53.7 Å². The summed E-state index contributed by atoms with van der Waals surface area (Å²) >= 11 is 1.45. The van der Waals surface area contributed by atoms with E-state index in [1.54, 1.807) is 0 Å². The molecule has 1 aliphatic heterocycles. The number of amides is 1. The molecule has 0 radical (unpaired) electrons. The van der Waals surface area contributed by atoms with Gasteiger partial charge in [-0.1, -0.05) is 55.1 Å². The van der Waals surface area contributed by atoms with Crippen LogP contribution in [-0.2, 0) is 24.2 Å². The van der Waals surface area contributed by atoms with E-state index in [2.05, 4.69) is 59.6 Å². The zero-order valence-corrected chi connectivity index (χ0v) is 17.1. The van der Waals surface area contributed by atoms with Gasteiger partial charge in [-0.3, -0.25) is 9.36 Å². The smallest absolute Gasteiger partial charge is 0.233 e. The lowest BCUT2D eigenvalue weighted by Crippen LogP contribution is -2.37. The molecule has 2 aromatic carbocycles. The summed E-state index contributed by atoms with van der Waals surface area (Å²) in [6.45, 7) is 5.56. The molecule has 3 aromatic rings. The zero-order chi connectivity index (χ0) is 19.5. The third-order valence-electron chi connectivity index (χ3n) is 5.21. The second kappa shape index (κ2) is 8.19. The van der Waals surface area contributed by atoms with Gasteiger partial charge >= 0.3 is 0 Å². The van der Waals surface area contributed by atoms with E-state index in [-0.39, 0.29) is 5.91 Å². The van der Waals surface area contributed by atoms with Crippen molar-refractivity contribution >= 4 is 17.7 Å². The Morgan fingerprint density at radius 2 is 1.82 bits per heavy atom. The summed E-state index contributed by atoms with van der Waals surface area (Å²) < 4.78 is 2.02. The first-order valence-electron chi connectivity index (χ1n) is 9.64. The van der Waals surface area contributed by atoms with Gasteiger partial charge in [-0.2, -0.15) is 0 Å². The highest BCUT2D eigenvalue weighted by Gasteiger charge is 2.21. The summed E-state index contributed by atoms with van der Waals surface area (Å²) in [5.74, 6) is 1.34. The van der Waals surface area contributed by atoms with Crippen molar-refractivity contribution in [2.75, 3.05) is 12.3 Å². The topological polar surface area (TPSA) is 51.0 Å². The van der Waals surface area contributed by atoms with E-state index < -0.39 is 0 Å². The number of fused-ring (bicyclic) bond motifs is 1. The molecule has 0 saturated heterocycles. The zero-order valence-electron chi connectivity index (χ0n) is 16.3. The van der Waals surface area contributed by atoms with Gasteiger partial charge < -0.3 is 4.90 Å². The first-order chi connectivity index (χ1) is 13.7. The van der Waals surface area contributed by atoms with Crippen LogP contribution < -0.4 is 0 Å². The number of aryl methyl sites for hydroxylation is 2. The fraction of sp³-hybridized carbons (Fsp3) is 0.318. The number of benzene rings is 2. The molecule has 5 nitrogen and oxygen atoms in total. The Hall–Kier alpha value is -2.60. The molecule has 6 heteroatoms. The summed E-state index contributed by atoms with van der Waals surface area (Å²) in [4.78, 5) is 14.7. The van der Waals surface area contributed by atoms with E-state index in [4.69, 9.17) is 0 Å². The lowest BCUT2D eigenvalue weighted by atomic mass is 10.00. The van der Waals surface area contributed by atoms with Crippen molar-refractivity contribution < 1.29 is 4.79 Å². The van der Waals surface area contributed by atoms with Crippen LogP contribution in [0.25, 0.3) is 5.69 Å². The molecular weight excluding hydrogens is 368 g/mol. The molecule has 28 heavy (non-hydrogen) atoms. The number of rotatable bonds is 5. The molecule has 1 aromatic heterocycles. The molecule has 1 aliphatic rings. The van der Waals surface area contributed by atoms with Crippen LogP contribution in [0.5, 0.6) is 0 Å². The van der Waals surface area contributed by atoms with Gasteiger partial charge in [-0.05, 0) is 48.6 Å². The average molecular weight is 393 g/mol. The van der Waals surface area contributed by atoms with Crippen molar-refractivity contribution in [3.8, 4) is 5.69 Å². The summed E-state index contributed by atoms with van der Waals surface area (Å²) in [5, 5.41) is 9.27. The van der Waals surface area contributed by atoms with Gasteiger partial charge in [0.15, 0.2) is 5.16 Å².